The van der Waals surface area contributed by atoms with Crippen LogP contribution in [0.1, 0.15) is 17.2 Å². The lowest BCUT2D eigenvalue weighted by atomic mass is 9.91. The van der Waals surface area contributed by atoms with E-state index in [0.29, 0.717) is 12.7 Å². The van der Waals surface area contributed by atoms with Crippen molar-refractivity contribution < 1.29 is 9.47 Å². The summed E-state index contributed by atoms with van der Waals surface area (Å²) in [5, 5.41) is 2.59. The Labute approximate surface area is 112 Å². The molecule has 1 fully saturated rings. The third-order valence-electron chi connectivity index (χ3n) is 3.83. The van der Waals surface area contributed by atoms with Crippen molar-refractivity contribution in [3.63, 3.8) is 0 Å². The molecule has 0 N–H and O–H groups in total. The Kier molecular flexibility index (Phi) is 2.64. The number of fused-ring (bicyclic) bond motifs is 2. The van der Waals surface area contributed by atoms with Crippen molar-refractivity contribution >= 4 is 10.8 Å². The summed E-state index contributed by atoms with van der Waals surface area (Å²) in [6.07, 6.45) is 5.77. The topological polar surface area (TPSA) is 21.8 Å². The molecule has 2 unspecified atom stereocenters. The van der Waals surface area contributed by atoms with Gasteiger partial charge in [-0.05, 0) is 34.4 Å². The molecular weight excluding hydrogens is 236 g/mol. The Balaban J connectivity index is 1.70. The zero-order valence-corrected chi connectivity index (χ0v) is 10.7. The molecule has 2 atom stereocenters. The van der Waals surface area contributed by atoms with Crippen LogP contribution in [0.5, 0.6) is 0 Å². The molecule has 0 aromatic heterocycles. The van der Waals surface area contributed by atoms with Crippen LogP contribution in [0.15, 0.2) is 48.6 Å². The number of epoxide rings is 1. The molecule has 1 aliphatic carbocycles. The number of rotatable bonds is 3. The van der Waals surface area contributed by atoms with E-state index in [-0.39, 0.29) is 6.10 Å². The Hall–Kier alpha value is -1.64. The Bertz CT molecular complexity index is 641. The second-order valence-electron chi connectivity index (χ2n) is 5.24. The molecule has 4 rings (SSSR count). The summed E-state index contributed by atoms with van der Waals surface area (Å²) in [4.78, 5) is 0. The zero-order valence-electron chi connectivity index (χ0n) is 10.7. The van der Waals surface area contributed by atoms with Gasteiger partial charge in [0.05, 0.1) is 13.2 Å². The van der Waals surface area contributed by atoms with E-state index >= 15 is 0 Å². The van der Waals surface area contributed by atoms with E-state index in [0.717, 1.165) is 13.0 Å². The van der Waals surface area contributed by atoms with Gasteiger partial charge >= 0.3 is 0 Å². The first-order chi connectivity index (χ1) is 9.40. The van der Waals surface area contributed by atoms with Crippen LogP contribution in [-0.2, 0) is 15.9 Å². The predicted octanol–water partition coefficient (Wildman–Crippen LogP) is 3.41. The third kappa shape index (κ3) is 2.18. The number of benzene rings is 2. The maximum absolute atomic E-state index is 5.97. The largest absolute Gasteiger partial charge is 0.371 e. The van der Waals surface area contributed by atoms with Crippen molar-refractivity contribution in [3.05, 3.63) is 59.7 Å². The lowest BCUT2D eigenvalue weighted by molar-refractivity contribution is 0.0704. The number of hydrogen-bond acceptors (Lipinski definition) is 2. The summed E-state index contributed by atoms with van der Waals surface area (Å²) >= 11 is 0. The second kappa shape index (κ2) is 4.48. The summed E-state index contributed by atoms with van der Waals surface area (Å²) in [6, 6.07) is 13.1. The van der Waals surface area contributed by atoms with Crippen molar-refractivity contribution in [1.82, 2.24) is 0 Å². The van der Waals surface area contributed by atoms with Crippen molar-refractivity contribution in [2.45, 2.75) is 18.6 Å². The molecule has 2 aromatic rings. The highest BCUT2D eigenvalue weighted by atomic mass is 16.6. The highest BCUT2D eigenvalue weighted by Gasteiger charge is 2.25. The average molecular weight is 252 g/mol. The molecule has 96 valence electrons. The van der Waals surface area contributed by atoms with Gasteiger partial charge < -0.3 is 9.47 Å². The molecule has 0 amide bonds. The van der Waals surface area contributed by atoms with Gasteiger partial charge in [-0.3, -0.25) is 0 Å². The first kappa shape index (κ1) is 11.2. The lowest BCUT2D eigenvalue weighted by Crippen LogP contribution is -2.12. The SMILES string of the molecule is C1=CC(OCC2CO2)c2cc3ccccc3cc2C1. The Morgan fingerprint density at radius 1 is 1.16 bits per heavy atom. The summed E-state index contributed by atoms with van der Waals surface area (Å²) in [6.45, 7) is 1.54. The van der Waals surface area contributed by atoms with Gasteiger partial charge in [-0.1, -0.05) is 42.5 Å². The monoisotopic (exact) mass is 252 g/mol. The fourth-order valence-electron chi connectivity index (χ4n) is 2.69. The molecule has 0 radical (unpaired) electrons. The summed E-state index contributed by atoms with van der Waals surface area (Å²) in [5.41, 5.74) is 2.68. The minimum absolute atomic E-state index is 0.0811. The molecule has 1 aliphatic heterocycles. The number of ether oxygens (including phenoxy) is 2. The highest BCUT2D eigenvalue weighted by Crippen LogP contribution is 2.32. The van der Waals surface area contributed by atoms with Gasteiger partial charge in [0.25, 0.3) is 0 Å². The molecule has 2 heteroatoms. The summed E-state index contributed by atoms with van der Waals surface area (Å²) in [7, 11) is 0. The van der Waals surface area contributed by atoms with Crippen LogP contribution in [0.3, 0.4) is 0 Å². The molecule has 0 saturated carbocycles. The maximum Gasteiger partial charge on any atom is 0.104 e. The molecule has 0 bridgehead atoms. The maximum atomic E-state index is 5.97. The van der Waals surface area contributed by atoms with Gasteiger partial charge in [0.15, 0.2) is 0 Å². The summed E-state index contributed by atoms with van der Waals surface area (Å²) in [5.74, 6) is 0. The van der Waals surface area contributed by atoms with Crippen LogP contribution in [0.2, 0.25) is 0 Å². The van der Waals surface area contributed by atoms with Crippen LogP contribution in [0.4, 0.5) is 0 Å². The van der Waals surface area contributed by atoms with E-state index in [1.807, 2.05) is 0 Å². The van der Waals surface area contributed by atoms with Gasteiger partial charge in [-0.2, -0.15) is 0 Å². The first-order valence-corrected chi connectivity index (χ1v) is 6.81. The molecule has 19 heavy (non-hydrogen) atoms. The van der Waals surface area contributed by atoms with Crippen molar-refractivity contribution in [3.8, 4) is 0 Å². The van der Waals surface area contributed by atoms with Gasteiger partial charge in [-0.25, -0.2) is 0 Å². The van der Waals surface area contributed by atoms with E-state index in [4.69, 9.17) is 9.47 Å². The van der Waals surface area contributed by atoms with Gasteiger partial charge in [0.1, 0.15) is 12.2 Å². The fraction of sp³-hybridized carbons (Fsp3) is 0.294. The first-order valence-electron chi connectivity index (χ1n) is 6.81. The van der Waals surface area contributed by atoms with E-state index in [1.54, 1.807) is 0 Å². The molecule has 0 spiro atoms. The van der Waals surface area contributed by atoms with Crippen molar-refractivity contribution in [1.29, 1.82) is 0 Å². The van der Waals surface area contributed by atoms with Crippen LogP contribution in [0.25, 0.3) is 10.8 Å². The fourth-order valence-corrected chi connectivity index (χ4v) is 2.69. The minimum Gasteiger partial charge on any atom is -0.371 e. The molecular formula is C17H16O2. The van der Waals surface area contributed by atoms with Gasteiger partial charge in [0.2, 0.25) is 0 Å². The standard InChI is InChI=1S/C17H16O2/c1-2-5-13-9-16-14(8-12(13)4-1)6-3-7-17(16)19-11-15-10-18-15/h1-5,7-9,15,17H,6,10-11H2. The highest BCUT2D eigenvalue weighted by molar-refractivity contribution is 5.84. The molecule has 2 nitrogen and oxygen atoms in total. The quantitative estimate of drug-likeness (QED) is 0.617. The normalized spacial score (nSPS) is 24.4. The van der Waals surface area contributed by atoms with E-state index < -0.39 is 0 Å². The van der Waals surface area contributed by atoms with Crippen molar-refractivity contribution in [2.24, 2.45) is 0 Å². The van der Waals surface area contributed by atoms with Crippen LogP contribution in [-0.4, -0.2) is 19.3 Å². The third-order valence-corrected chi connectivity index (χ3v) is 3.83. The molecule has 2 aromatic carbocycles. The second-order valence-corrected chi connectivity index (χ2v) is 5.24. The predicted molar refractivity (Wildman–Crippen MR) is 75.2 cm³/mol. The minimum atomic E-state index is 0.0811. The molecule has 1 saturated heterocycles. The van der Waals surface area contributed by atoms with Crippen molar-refractivity contribution in [2.75, 3.05) is 13.2 Å². The van der Waals surface area contributed by atoms with E-state index in [9.17, 15) is 0 Å². The zero-order chi connectivity index (χ0) is 12.7. The van der Waals surface area contributed by atoms with Gasteiger partial charge in [0, 0.05) is 0 Å². The van der Waals surface area contributed by atoms with E-state index in [2.05, 4.69) is 48.6 Å². The number of allylic oxidation sites excluding steroid dienone is 1. The number of hydrogen-bond donors (Lipinski definition) is 0. The molecule has 2 aliphatic rings. The van der Waals surface area contributed by atoms with Crippen LogP contribution >= 0.6 is 0 Å². The van der Waals surface area contributed by atoms with Crippen LogP contribution < -0.4 is 0 Å². The van der Waals surface area contributed by atoms with Gasteiger partial charge in [-0.15, -0.1) is 0 Å². The molecule has 1 heterocycles. The Morgan fingerprint density at radius 2 is 1.95 bits per heavy atom. The van der Waals surface area contributed by atoms with E-state index in [1.165, 1.54) is 21.9 Å². The summed E-state index contributed by atoms with van der Waals surface area (Å²) < 4.78 is 11.2. The lowest BCUT2D eigenvalue weighted by Gasteiger charge is -2.22. The van der Waals surface area contributed by atoms with Crippen LogP contribution in [0, 0.1) is 0 Å². The smallest absolute Gasteiger partial charge is 0.104 e. The average Bonchev–Trinajstić information content (AvgIpc) is 3.27. The Morgan fingerprint density at radius 3 is 2.74 bits per heavy atom.